The van der Waals surface area contributed by atoms with Crippen molar-refractivity contribution < 1.29 is 9.59 Å². The van der Waals surface area contributed by atoms with Crippen LogP contribution in [0.2, 0.25) is 0 Å². The number of likely N-dealkylation sites (N-methyl/N-ethyl adjacent to an activating group) is 1. The topological polar surface area (TPSA) is 69.3 Å². The fourth-order valence-electron chi connectivity index (χ4n) is 4.19. The number of nitrogens with zero attached hydrogens (tertiary/aromatic N) is 3. The molecule has 25 heavy (non-hydrogen) atoms. The van der Waals surface area contributed by atoms with Crippen molar-refractivity contribution in [2.24, 2.45) is 0 Å². The Morgan fingerprint density at radius 1 is 1.12 bits per heavy atom. The van der Waals surface area contributed by atoms with E-state index in [2.05, 4.69) is 10.2 Å². The average Bonchev–Trinajstić information content (AvgIpc) is 3.30. The lowest BCUT2D eigenvalue weighted by molar-refractivity contribution is -0.144. The Morgan fingerprint density at radius 2 is 1.84 bits per heavy atom. The summed E-state index contributed by atoms with van der Waals surface area (Å²) in [5, 5.41) is 6.87. The molecule has 2 aliphatic heterocycles. The van der Waals surface area contributed by atoms with Gasteiger partial charge in [-0.1, -0.05) is 12.1 Å². The molecular weight excluding hydrogens is 316 g/mol. The molecule has 2 amide bonds. The maximum atomic E-state index is 13.1. The first kappa shape index (κ1) is 15.9. The predicted molar refractivity (Wildman–Crippen MR) is 93.9 cm³/mol. The molecule has 6 heteroatoms. The number of nitrogens with one attached hydrogen (secondary N) is 1. The molecule has 2 fully saturated rings. The molecular formula is C19H22N4O2. The van der Waals surface area contributed by atoms with Crippen molar-refractivity contribution in [2.75, 3.05) is 20.1 Å². The van der Waals surface area contributed by atoms with E-state index in [1.807, 2.05) is 42.3 Å². The summed E-state index contributed by atoms with van der Waals surface area (Å²) in [6.07, 6.45) is 5.08. The van der Waals surface area contributed by atoms with Gasteiger partial charge in [-0.2, -0.15) is 5.10 Å². The van der Waals surface area contributed by atoms with E-state index in [9.17, 15) is 9.59 Å². The molecule has 0 bridgehead atoms. The normalized spacial score (nSPS) is 23.5. The lowest BCUT2D eigenvalue weighted by Crippen LogP contribution is -2.60. The van der Waals surface area contributed by atoms with Crippen LogP contribution in [0.5, 0.6) is 0 Å². The second-order valence-corrected chi connectivity index (χ2v) is 6.97. The third kappa shape index (κ3) is 2.52. The van der Waals surface area contributed by atoms with Crippen LogP contribution >= 0.6 is 0 Å². The zero-order chi connectivity index (χ0) is 17.4. The number of hydrogen-bond donors (Lipinski definition) is 1. The van der Waals surface area contributed by atoms with Crippen LogP contribution < -0.4 is 0 Å². The number of carbonyl (C=O) groups is 2. The molecule has 1 aromatic carbocycles. The summed E-state index contributed by atoms with van der Waals surface area (Å²) < 4.78 is 0. The minimum atomic E-state index is -0.633. The molecule has 0 aliphatic carbocycles. The van der Waals surface area contributed by atoms with Gasteiger partial charge in [0.2, 0.25) is 5.91 Å². The van der Waals surface area contributed by atoms with Gasteiger partial charge < -0.3 is 9.80 Å². The van der Waals surface area contributed by atoms with Crippen molar-refractivity contribution in [2.45, 2.75) is 31.2 Å². The molecule has 2 saturated heterocycles. The first-order chi connectivity index (χ1) is 12.1. The van der Waals surface area contributed by atoms with Crippen LogP contribution in [0.25, 0.3) is 11.3 Å². The zero-order valence-electron chi connectivity index (χ0n) is 14.4. The molecule has 2 aliphatic rings. The summed E-state index contributed by atoms with van der Waals surface area (Å²) in [6, 6.07) is 9.39. The van der Waals surface area contributed by atoms with Crippen LogP contribution in [0, 0.1) is 0 Å². The lowest BCUT2D eigenvalue weighted by atomic mass is 9.85. The fourth-order valence-corrected chi connectivity index (χ4v) is 4.19. The third-order valence-corrected chi connectivity index (χ3v) is 5.51. The Hall–Kier alpha value is -2.63. The van der Waals surface area contributed by atoms with E-state index >= 15 is 0 Å². The quantitative estimate of drug-likeness (QED) is 0.913. The number of carbonyl (C=O) groups excluding carboxylic acids is 2. The Kier molecular flexibility index (Phi) is 3.82. The highest BCUT2D eigenvalue weighted by molar-refractivity contribution is 6.00. The SMILES string of the molecule is CN1CCCC2(CCCN2C(=O)c2ccc(-c3ccn[nH]3)cc2)C1=O. The van der Waals surface area contributed by atoms with Crippen molar-refractivity contribution in [3.8, 4) is 11.3 Å². The Bertz CT molecular complexity index is 784. The standard InChI is InChI=1S/C19H22N4O2/c1-22-12-2-9-19(18(22)25)10-3-13-23(19)17(24)15-6-4-14(5-7-15)16-8-11-20-21-16/h4-8,11H,2-3,9-10,12-13H2,1H3,(H,20,21). The van der Waals surface area contributed by atoms with Gasteiger partial charge in [-0.25, -0.2) is 0 Å². The van der Waals surface area contributed by atoms with Crippen molar-refractivity contribution in [1.82, 2.24) is 20.0 Å². The van der Waals surface area contributed by atoms with E-state index in [1.54, 1.807) is 11.1 Å². The summed E-state index contributed by atoms with van der Waals surface area (Å²) >= 11 is 0. The van der Waals surface area contributed by atoms with Gasteiger partial charge in [0, 0.05) is 31.9 Å². The number of benzene rings is 1. The van der Waals surface area contributed by atoms with Crippen molar-refractivity contribution in [1.29, 1.82) is 0 Å². The molecule has 2 aromatic rings. The maximum Gasteiger partial charge on any atom is 0.254 e. The van der Waals surface area contributed by atoms with Gasteiger partial charge in [0.15, 0.2) is 0 Å². The van der Waals surface area contributed by atoms with E-state index in [0.717, 1.165) is 43.5 Å². The minimum Gasteiger partial charge on any atom is -0.344 e. The summed E-state index contributed by atoms with van der Waals surface area (Å²) in [5.74, 6) is 0.0518. The number of piperidine rings is 1. The van der Waals surface area contributed by atoms with Gasteiger partial charge in [0.25, 0.3) is 5.91 Å². The molecule has 0 saturated carbocycles. The predicted octanol–water partition coefficient (Wildman–Crippen LogP) is 2.30. The van der Waals surface area contributed by atoms with Crippen LogP contribution in [-0.2, 0) is 4.79 Å². The van der Waals surface area contributed by atoms with Crippen LogP contribution in [0.15, 0.2) is 36.5 Å². The van der Waals surface area contributed by atoms with Gasteiger partial charge in [-0.15, -0.1) is 0 Å². The monoisotopic (exact) mass is 338 g/mol. The zero-order valence-corrected chi connectivity index (χ0v) is 14.4. The number of hydrogen-bond acceptors (Lipinski definition) is 3. The van der Waals surface area contributed by atoms with Gasteiger partial charge in [0.05, 0.1) is 5.69 Å². The van der Waals surface area contributed by atoms with Crippen LogP contribution in [0.4, 0.5) is 0 Å². The van der Waals surface area contributed by atoms with Crippen molar-refractivity contribution in [3.63, 3.8) is 0 Å². The Labute approximate surface area is 146 Å². The minimum absolute atomic E-state index is 0.0442. The summed E-state index contributed by atoms with van der Waals surface area (Å²) in [4.78, 5) is 29.5. The number of H-pyrrole nitrogens is 1. The number of aromatic amines is 1. The number of likely N-dealkylation sites (tertiary alicyclic amines) is 2. The second kappa shape index (κ2) is 6.02. The molecule has 4 rings (SSSR count). The second-order valence-electron chi connectivity index (χ2n) is 6.97. The molecule has 1 aromatic heterocycles. The van der Waals surface area contributed by atoms with E-state index in [1.165, 1.54) is 0 Å². The van der Waals surface area contributed by atoms with E-state index in [4.69, 9.17) is 0 Å². The summed E-state index contributed by atoms with van der Waals surface area (Å²) in [5.41, 5.74) is 1.90. The van der Waals surface area contributed by atoms with E-state index < -0.39 is 5.54 Å². The van der Waals surface area contributed by atoms with Crippen LogP contribution in [-0.4, -0.2) is 57.5 Å². The first-order valence-corrected chi connectivity index (χ1v) is 8.79. The van der Waals surface area contributed by atoms with Crippen molar-refractivity contribution >= 4 is 11.8 Å². The smallest absolute Gasteiger partial charge is 0.254 e. The molecule has 1 atom stereocenters. The Balaban J connectivity index is 1.60. The van der Waals surface area contributed by atoms with Gasteiger partial charge in [-0.3, -0.25) is 14.7 Å². The van der Waals surface area contributed by atoms with Gasteiger partial charge in [-0.05, 0) is 49.4 Å². The maximum absolute atomic E-state index is 13.1. The Morgan fingerprint density at radius 3 is 2.52 bits per heavy atom. The van der Waals surface area contributed by atoms with Crippen LogP contribution in [0.3, 0.4) is 0 Å². The molecule has 1 unspecified atom stereocenters. The van der Waals surface area contributed by atoms with Gasteiger partial charge >= 0.3 is 0 Å². The molecule has 1 N–H and O–H groups in total. The highest BCUT2D eigenvalue weighted by Gasteiger charge is 2.52. The molecule has 0 radical (unpaired) electrons. The molecule has 130 valence electrons. The number of aromatic nitrogens is 2. The summed E-state index contributed by atoms with van der Waals surface area (Å²) in [6.45, 7) is 1.43. The van der Waals surface area contributed by atoms with Crippen molar-refractivity contribution in [3.05, 3.63) is 42.1 Å². The third-order valence-electron chi connectivity index (χ3n) is 5.51. The lowest BCUT2D eigenvalue weighted by Gasteiger charge is -2.43. The molecule has 3 heterocycles. The highest BCUT2D eigenvalue weighted by Crippen LogP contribution is 2.38. The number of amides is 2. The number of rotatable bonds is 2. The largest absolute Gasteiger partial charge is 0.344 e. The van der Waals surface area contributed by atoms with E-state index in [-0.39, 0.29) is 11.8 Å². The average molecular weight is 338 g/mol. The fraction of sp³-hybridized carbons (Fsp3) is 0.421. The van der Waals surface area contributed by atoms with Gasteiger partial charge in [0.1, 0.15) is 5.54 Å². The first-order valence-electron chi connectivity index (χ1n) is 8.79. The van der Waals surface area contributed by atoms with E-state index in [0.29, 0.717) is 12.1 Å². The summed E-state index contributed by atoms with van der Waals surface area (Å²) in [7, 11) is 1.84. The molecule has 6 nitrogen and oxygen atoms in total. The van der Waals surface area contributed by atoms with Crippen LogP contribution in [0.1, 0.15) is 36.0 Å². The highest BCUT2D eigenvalue weighted by atomic mass is 16.2. The molecule has 1 spiro atoms.